The Morgan fingerprint density at radius 2 is 1.84 bits per heavy atom. The standard InChI is InChI=1S/C24H19Cl2FN2O3/c1-15(30)29(18-6-9-22(27)21(26)12-18)23(13-28)20-11-17(25)5-10-24(20)32-14-16-3-7-19(31-2)8-4-16/h3-12,23H,14H2,1-2H3. The summed E-state index contributed by atoms with van der Waals surface area (Å²) in [6.45, 7) is 1.53. The number of ether oxygens (including phenoxy) is 2. The van der Waals surface area contributed by atoms with Crippen LogP contribution in [-0.2, 0) is 11.4 Å². The molecule has 0 saturated heterocycles. The second-order valence-electron chi connectivity index (χ2n) is 6.84. The van der Waals surface area contributed by atoms with Gasteiger partial charge < -0.3 is 9.47 Å². The average molecular weight is 473 g/mol. The fourth-order valence-electron chi connectivity index (χ4n) is 3.16. The van der Waals surface area contributed by atoms with E-state index >= 15 is 0 Å². The number of nitriles is 1. The van der Waals surface area contributed by atoms with Crippen LogP contribution in [0.1, 0.15) is 24.1 Å². The van der Waals surface area contributed by atoms with E-state index in [2.05, 4.69) is 6.07 Å². The van der Waals surface area contributed by atoms with Crippen molar-refractivity contribution in [2.45, 2.75) is 19.6 Å². The van der Waals surface area contributed by atoms with Crippen LogP contribution in [0.25, 0.3) is 0 Å². The predicted molar refractivity (Wildman–Crippen MR) is 122 cm³/mol. The van der Waals surface area contributed by atoms with E-state index in [9.17, 15) is 14.4 Å². The van der Waals surface area contributed by atoms with E-state index in [1.54, 1.807) is 25.3 Å². The van der Waals surface area contributed by atoms with Gasteiger partial charge >= 0.3 is 0 Å². The third-order valence-electron chi connectivity index (χ3n) is 4.72. The van der Waals surface area contributed by atoms with Crippen LogP contribution in [0.2, 0.25) is 10.0 Å². The van der Waals surface area contributed by atoms with Crippen molar-refractivity contribution in [3.05, 3.63) is 87.7 Å². The Morgan fingerprint density at radius 1 is 1.12 bits per heavy atom. The Balaban J connectivity index is 1.97. The molecule has 0 bridgehead atoms. The van der Waals surface area contributed by atoms with Gasteiger partial charge in [0.2, 0.25) is 5.91 Å². The van der Waals surface area contributed by atoms with Gasteiger partial charge in [0.15, 0.2) is 6.04 Å². The van der Waals surface area contributed by atoms with Crippen LogP contribution < -0.4 is 14.4 Å². The summed E-state index contributed by atoms with van der Waals surface area (Å²) in [6, 6.07) is 17.1. The first-order chi connectivity index (χ1) is 15.3. The molecule has 0 aliphatic carbocycles. The van der Waals surface area contributed by atoms with E-state index in [0.29, 0.717) is 16.3 Å². The molecule has 0 heterocycles. The summed E-state index contributed by atoms with van der Waals surface area (Å²) < 4.78 is 24.8. The molecule has 32 heavy (non-hydrogen) atoms. The first kappa shape index (κ1) is 23.4. The van der Waals surface area contributed by atoms with Gasteiger partial charge in [0, 0.05) is 23.2 Å². The first-order valence-electron chi connectivity index (χ1n) is 9.53. The zero-order chi connectivity index (χ0) is 23.3. The Bertz CT molecular complexity index is 1160. The third kappa shape index (κ3) is 5.31. The Morgan fingerprint density at radius 3 is 2.44 bits per heavy atom. The lowest BCUT2D eigenvalue weighted by atomic mass is 10.0. The van der Waals surface area contributed by atoms with Crippen LogP contribution in [0.3, 0.4) is 0 Å². The van der Waals surface area contributed by atoms with Crippen LogP contribution in [0.5, 0.6) is 11.5 Å². The van der Waals surface area contributed by atoms with Gasteiger partial charge in [0.05, 0.1) is 18.2 Å². The molecule has 0 aromatic heterocycles. The molecular weight excluding hydrogens is 454 g/mol. The van der Waals surface area contributed by atoms with Gasteiger partial charge in [-0.05, 0) is 54.1 Å². The van der Waals surface area contributed by atoms with E-state index < -0.39 is 17.8 Å². The van der Waals surface area contributed by atoms with Crippen molar-refractivity contribution in [3.8, 4) is 17.6 Å². The van der Waals surface area contributed by atoms with Gasteiger partial charge in [-0.3, -0.25) is 9.69 Å². The zero-order valence-corrected chi connectivity index (χ0v) is 18.8. The molecule has 0 saturated carbocycles. The molecule has 1 unspecified atom stereocenters. The minimum absolute atomic E-state index is 0.160. The molecule has 0 N–H and O–H groups in total. The lowest BCUT2D eigenvalue weighted by molar-refractivity contribution is -0.116. The maximum absolute atomic E-state index is 13.6. The highest BCUT2D eigenvalue weighted by Crippen LogP contribution is 2.36. The molecule has 164 valence electrons. The summed E-state index contributed by atoms with van der Waals surface area (Å²) in [5, 5.41) is 10.2. The summed E-state index contributed by atoms with van der Waals surface area (Å²) in [7, 11) is 1.59. The fourth-order valence-corrected chi connectivity index (χ4v) is 3.52. The van der Waals surface area contributed by atoms with Crippen molar-refractivity contribution < 1.29 is 18.7 Å². The SMILES string of the molecule is COc1ccc(COc2ccc(Cl)cc2C(C#N)N(C(C)=O)c2ccc(F)c(Cl)c2)cc1. The second kappa shape index (κ2) is 10.4. The van der Waals surface area contributed by atoms with Crippen LogP contribution in [0.15, 0.2) is 60.7 Å². The lowest BCUT2D eigenvalue weighted by Crippen LogP contribution is -2.32. The number of hydrogen-bond donors (Lipinski definition) is 0. The number of anilines is 1. The lowest BCUT2D eigenvalue weighted by Gasteiger charge is -2.28. The largest absolute Gasteiger partial charge is 0.497 e. The molecule has 8 heteroatoms. The topological polar surface area (TPSA) is 62.6 Å². The van der Waals surface area contributed by atoms with Crippen molar-refractivity contribution in [1.29, 1.82) is 5.26 Å². The number of methoxy groups -OCH3 is 1. The number of amides is 1. The van der Waals surface area contributed by atoms with Crippen LogP contribution in [0.4, 0.5) is 10.1 Å². The number of hydrogen-bond acceptors (Lipinski definition) is 4. The van der Waals surface area contributed by atoms with Crippen LogP contribution in [-0.4, -0.2) is 13.0 Å². The number of nitrogens with zero attached hydrogens (tertiary/aromatic N) is 2. The molecule has 1 amide bonds. The van der Waals surface area contributed by atoms with Crippen molar-refractivity contribution >= 4 is 34.8 Å². The molecule has 0 aliphatic rings. The van der Waals surface area contributed by atoms with Crippen molar-refractivity contribution in [2.24, 2.45) is 0 Å². The monoisotopic (exact) mass is 472 g/mol. The van der Waals surface area contributed by atoms with Crippen LogP contribution >= 0.6 is 23.2 Å². The Kier molecular flexibility index (Phi) is 7.57. The van der Waals surface area contributed by atoms with Crippen molar-refractivity contribution in [1.82, 2.24) is 0 Å². The highest BCUT2D eigenvalue weighted by molar-refractivity contribution is 6.31. The molecule has 0 spiro atoms. The Hall–Kier alpha value is -3.27. The summed E-state index contributed by atoms with van der Waals surface area (Å²) >= 11 is 12.1. The molecule has 5 nitrogen and oxygen atoms in total. The second-order valence-corrected chi connectivity index (χ2v) is 7.68. The summed E-state index contributed by atoms with van der Waals surface area (Å²) in [4.78, 5) is 13.7. The summed E-state index contributed by atoms with van der Waals surface area (Å²) in [5.74, 6) is 0.0516. The average Bonchev–Trinajstić information content (AvgIpc) is 2.78. The van der Waals surface area contributed by atoms with Gasteiger partial charge in [0.1, 0.15) is 23.9 Å². The molecule has 0 aliphatic heterocycles. The quantitative estimate of drug-likeness (QED) is 0.402. The highest BCUT2D eigenvalue weighted by Gasteiger charge is 2.28. The minimum atomic E-state index is -1.08. The van der Waals surface area contributed by atoms with Crippen LogP contribution in [0, 0.1) is 17.1 Å². The number of rotatable bonds is 7. The van der Waals surface area contributed by atoms with Gasteiger partial charge in [-0.15, -0.1) is 0 Å². The molecule has 1 atom stereocenters. The summed E-state index contributed by atoms with van der Waals surface area (Å²) in [6.07, 6.45) is 0. The van der Waals surface area contributed by atoms with E-state index in [0.717, 1.165) is 17.4 Å². The third-order valence-corrected chi connectivity index (χ3v) is 5.25. The van der Waals surface area contributed by atoms with Gasteiger partial charge in [-0.25, -0.2) is 4.39 Å². The maximum atomic E-state index is 13.6. The minimum Gasteiger partial charge on any atom is -0.497 e. The molecule has 3 aromatic carbocycles. The van der Waals surface area contributed by atoms with E-state index in [1.807, 2.05) is 24.3 Å². The number of carbonyl (C=O) groups excluding carboxylic acids is 1. The summed E-state index contributed by atoms with van der Waals surface area (Å²) in [5.41, 5.74) is 1.55. The molecule has 3 aromatic rings. The highest BCUT2D eigenvalue weighted by atomic mass is 35.5. The smallest absolute Gasteiger partial charge is 0.225 e. The van der Waals surface area contributed by atoms with Gasteiger partial charge in [-0.2, -0.15) is 5.26 Å². The first-order valence-corrected chi connectivity index (χ1v) is 10.3. The van der Waals surface area contributed by atoms with Gasteiger partial charge in [0.25, 0.3) is 0 Å². The maximum Gasteiger partial charge on any atom is 0.225 e. The Labute approximate surface area is 195 Å². The van der Waals surface area contributed by atoms with Gasteiger partial charge in [-0.1, -0.05) is 35.3 Å². The number of carbonyl (C=O) groups is 1. The molecule has 0 radical (unpaired) electrons. The molecular formula is C24H19Cl2FN2O3. The zero-order valence-electron chi connectivity index (χ0n) is 17.3. The predicted octanol–water partition coefficient (Wildman–Crippen LogP) is 6.34. The normalized spacial score (nSPS) is 11.4. The molecule has 0 fully saturated rings. The number of benzene rings is 3. The van der Waals surface area contributed by atoms with E-state index in [-0.39, 0.29) is 17.3 Å². The number of halogens is 3. The molecule has 3 rings (SSSR count). The van der Waals surface area contributed by atoms with Crippen molar-refractivity contribution in [3.63, 3.8) is 0 Å². The fraction of sp³-hybridized carbons (Fsp3) is 0.167. The van der Waals surface area contributed by atoms with Crippen molar-refractivity contribution in [2.75, 3.05) is 12.0 Å². The van der Waals surface area contributed by atoms with E-state index in [1.165, 1.54) is 24.0 Å². The van der Waals surface area contributed by atoms with E-state index in [4.69, 9.17) is 32.7 Å².